The first-order chi connectivity index (χ1) is 8.70. The molecule has 1 aliphatic heterocycles. The summed E-state index contributed by atoms with van der Waals surface area (Å²) in [7, 11) is 2.05. The van der Waals surface area contributed by atoms with Crippen molar-refractivity contribution in [2.45, 2.75) is 38.3 Å². The molecule has 2 rings (SSSR count). The highest BCUT2D eigenvalue weighted by atomic mass is 79.9. The van der Waals surface area contributed by atoms with Crippen molar-refractivity contribution >= 4 is 15.9 Å². The van der Waals surface area contributed by atoms with Gasteiger partial charge in [-0.25, -0.2) is 0 Å². The monoisotopic (exact) mass is 310 g/mol. The van der Waals surface area contributed by atoms with Gasteiger partial charge in [0, 0.05) is 23.1 Å². The molecule has 1 heterocycles. The minimum Gasteiger partial charge on any atom is -0.313 e. The van der Waals surface area contributed by atoms with Crippen molar-refractivity contribution in [1.82, 2.24) is 10.2 Å². The van der Waals surface area contributed by atoms with Crippen LogP contribution in [0.4, 0.5) is 0 Å². The van der Waals surface area contributed by atoms with Crippen molar-refractivity contribution in [1.29, 1.82) is 0 Å². The van der Waals surface area contributed by atoms with E-state index in [-0.39, 0.29) is 0 Å². The molecule has 1 aromatic rings. The molecular weight excluding hydrogens is 288 g/mol. The molecule has 0 saturated carbocycles. The normalized spacial score (nSPS) is 22.3. The van der Waals surface area contributed by atoms with E-state index in [1.807, 2.05) is 0 Å². The van der Waals surface area contributed by atoms with Crippen LogP contribution in [0.2, 0.25) is 0 Å². The van der Waals surface area contributed by atoms with Crippen LogP contribution in [0, 0.1) is 0 Å². The second-order valence-corrected chi connectivity index (χ2v) is 6.13. The average Bonchev–Trinajstić information content (AvgIpc) is 2.76. The first-order valence-corrected chi connectivity index (χ1v) is 7.67. The number of likely N-dealkylation sites (tertiary alicyclic amines) is 1. The van der Waals surface area contributed by atoms with Crippen LogP contribution in [0.3, 0.4) is 0 Å². The summed E-state index contributed by atoms with van der Waals surface area (Å²) in [6.45, 7) is 4.82. The lowest BCUT2D eigenvalue weighted by Crippen LogP contribution is -2.30. The van der Waals surface area contributed by atoms with E-state index in [0.29, 0.717) is 6.04 Å². The third kappa shape index (κ3) is 3.56. The van der Waals surface area contributed by atoms with Crippen molar-refractivity contribution in [2.24, 2.45) is 0 Å². The highest BCUT2D eigenvalue weighted by Gasteiger charge is 2.21. The predicted molar refractivity (Wildman–Crippen MR) is 80.8 cm³/mol. The average molecular weight is 311 g/mol. The Balaban J connectivity index is 1.93. The van der Waals surface area contributed by atoms with Gasteiger partial charge in [0.25, 0.3) is 0 Å². The van der Waals surface area contributed by atoms with E-state index in [0.717, 1.165) is 10.5 Å². The fourth-order valence-electron chi connectivity index (χ4n) is 2.82. The molecule has 0 aromatic heterocycles. The number of nitrogens with one attached hydrogen (secondary N) is 1. The summed E-state index contributed by atoms with van der Waals surface area (Å²) in [6.07, 6.45) is 3.90. The zero-order valence-corrected chi connectivity index (χ0v) is 12.9. The third-order valence-corrected chi connectivity index (χ3v) is 4.49. The second-order valence-electron chi connectivity index (χ2n) is 5.21. The number of rotatable bonds is 5. The first-order valence-electron chi connectivity index (χ1n) is 6.87. The predicted octanol–water partition coefficient (Wildman–Crippen LogP) is 3.58. The molecular formula is C15H23BrN2. The molecule has 18 heavy (non-hydrogen) atoms. The molecule has 1 N–H and O–H groups in total. The zero-order valence-electron chi connectivity index (χ0n) is 11.3. The topological polar surface area (TPSA) is 15.3 Å². The van der Waals surface area contributed by atoms with E-state index in [2.05, 4.69) is 64.4 Å². The number of benzene rings is 1. The fourth-order valence-corrected chi connectivity index (χ4v) is 3.24. The number of hydrogen-bond donors (Lipinski definition) is 1. The summed E-state index contributed by atoms with van der Waals surface area (Å²) in [4.78, 5) is 2.61. The van der Waals surface area contributed by atoms with Gasteiger partial charge in [-0.05, 0) is 57.5 Å². The lowest BCUT2D eigenvalue weighted by atomic mass is 10.0. The van der Waals surface area contributed by atoms with Gasteiger partial charge in [-0.1, -0.05) is 28.1 Å². The molecule has 100 valence electrons. The number of halogens is 1. The molecule has 2 atom stereocenters. The van der Waals surface area contributed by atoms with Crippen molar-refractivity contribution in [3.8, 4) is 0 Å². The molecule has 1 fully saturated rings. The molecule has 1 aromatic carbocycles. The van der Waals surface area contributed by atoms with Crippen LogP contribution in [-0.2, 0) is 0 Å². The van der Waals surface area contributed by atoms with Gasteiger partial charge in [0.1, 0.15) is 0 Å². The smallest absolute Gasteiger partial charge is 0.0330 e. The van der Waals surface area contributed by atoms with Crippen molar-refractivity contribution in [3.63, 3.8) is 0 Å². The van der Waals surface area contributed by atoms with Gasteiger partial charge in [-0.15, -0.1) is 0 Å². The lowest BCUT2D eigenvalue weighted by molar-refractivity contribution is 0.253. The minimum atomic E-state index is 0.454. The first kappa shape index (κ1) is 14.0. The minimum absolute atomic E-state index is 0.454. The Morgan fingerprint density at radius 2 is 2.33 bits per heavy atom. The Hall–Kier alpha value is -0.380. The van der Waals surface area contributed by atoms with Gasteiger partial charge >= 0.3 is 0 Å². The van der Waals surface area contributed by atoms with E-state index >= 15 is 0 Å². The Labute approximate surface area is 119 Å². The molecule has 0 amide bonds. The molecule has 2 unspecified atom stereocenters. The Bertz CT molecular complexity index is 381. The summed E-state index contributed by atoms with van der Waals surface area (Å²) in [6, 6.07) is 9.84. The molecule has 1 saturated heterocycles. The molecule has 1 aliphatic rings. The van der Waals surface area contributed by atoms with Crippen LogP contribution in [-0.4, -0.2) is 31.1 Å². The van der Waals surface area contributed by atoms with Crippen LogP contribution < -0.4 is 5.32 Å². The largest absolute Gasteiger partial charge is 0.313 e. The molecule has 0 aliphatic carbocycles. The summed E-state index contributed by atoms with van der Waals surface area (Å²) in [5, 5.41) is 3.44. The molecule has 3 heteroatoms. The van der Waals surface area contributed by atoms with Crippen molar-refractivity contribution in [3.05, 3.63) is 34.3 Å². The summed E-state index contributed by atoms with van der Waals surface area (Å²) < 4.78 is 1.16. The highest BCUT2D eigenvalue weighted by molar-refractivity contribution is 9.10. The Kier molecular flexibility index (Phi) is 5.22. The number of nitrogens with zero attached hydrogens (tertiary/aromatic N) is 1. The van der Waals surface area contributed by atoms with Crippen molar-refractivity contribution < 1.29 is 0 Å². The molecule has 0 radical (unpaired) electrons. The van der Waals surface area contributed by atoms with Gasteiger partial charge in [-0.2, -0.15) is 0 Å². The maximum atomic E-state index is 3.55. The van der Waals surface area contributed by atoms with Crippen LogP contribution in [0.25, 0.3) is 0 Å². The SMILES string of the molecule is CNC(CCN1CCCC1C)c1cccc(Br)c1. The van der Waals surface area contributed by atoms with Gasteiger partial charge in [-0.3, -0.25) is 0 Å². The van der Waals surface area contributed by atoms with E-state index < -0.39 is 0 Å². The maximum Gasteiger partial charge on any atom is 0.0330 e. The van der Waals surface area contributed by atoms with Crippen LogP contribution >= 0.6 is 15.9 Å². The molecule has 0 bridgehead atoms. The van der Waals surface area contributed by atoms with Gasteiger partial charge < -0.3 is 10.2 Å². The maximum absolute atomic E-state index is 3.55. The van der Waals surface area contributed by atoms with E-state index in [9.17, 15) is 0 Å². The van der Waals surface area contributed by atoms with E-state index in [1.165, 1.54) is 37.9 Å². The summed E-state index contributed by atoms with van der Waals surface area (Å²) in [5.41, 5.74) is 1.37. The molecule has 0 spiro atoms. The van der Waals surface area contributed by atoms with Crippen molar-refractivity contribution in [2.75, 3.05) is 20.1 Å². The fraction of sp³-hybridized carbons (Fsp3) is 0.600. The Morgan fingerprint density at radius 3 is 2.94 bits per heavy atom. The standard InChI is InChI=1S/C15H23BrN2/c1-12-5-4-9-18(12)10-8-15(17-2)13-6-3-7-14(16)11-13/h3,6-7,11-12,15,17H,4-5,8-10H2,1-2H3. The quantitative estimate of drug-likeness (QED) is 0.894. The lowest BCUT2D eigenvalue weighted by Gasteiger charge is -2.24. The summed E-state index contributed by atoms with van der Waals surface area (Å²) in [5.74, 6) is 0. The Morgan fingerprint density at radius 1 is 1.50 bits per heavy atom. The van der Waals surface area contributed by atoms with E-state index in [1.54, 1.807) is 0 Å². The summed E-state index contributed by atoms with van der Waals surface area (Å²) >= 11 is 3.55. The second kappa shape index (κ2) is 6.69. The van der Waals surface area contributed by atoms with Crippen LogP contribution in [0.5, 0.6) is 0 Å². The zero-order chi connectivity index (χ0) is 13.0. The highest BCUT2D eigenvalue weighted by Crippen LogP contribution is 2.23. The van der Waals surface area contributed by atoms with Crippen LogP contribution in [0.1, 0.15) is 37.8 Å². The van der Waals surface area contributed by atoms with Crippen LogP contribution in [0.15, 0.2) is 28.7 Å². The van der Waals surface area contributed by atoms with Gasteiger partial charge in [0.15, 0.2) is 0 Å². The molecule has 2 nitrogen and oxygen atoms in total. The van der Waals surface area contributed by atoms with E-state index in [4.69, 9.17) is 0 Å². The van der Waals surface area contributed by atoms with Gasteiger partial charge in [0.2, 0.25) is 0 Å². The third-order valence-electron chi connectivity index (χ3n) is 4.00. The van der Waals surface area contributed by atoms with Gasteiger partial charge in [0.05, 0.1) is 0 Å². The number of hydrogen-bond acceptors (Lipinski definition) is 2.